The third kappa shape index (κ3) is 4.03. The topological polar surface area (TPSA) is 55.4 Å². The predicted octanol–water partition coefficient (Wildman–Crippen LogP) is 3.90. The van der Waals surface area contributed by atoms with Gasteiger partial charge in [0.1, 0.15) is 10.7 Å². The van der Waals surface area contributed by atoms with Crippen LogP contribution in [0, 0.1) is 5.82 Å². The molecule has 0 radical (unpaired) electrons. The summed E-state index contributed by atoms with van der Waals surface area (Å²) >= 11 is 1.14. The summed E-state index contributed by atoms with van der Waals surface area (Å²) in [6.07, 6.45) is -0.939. The third-order valence-corrected chi connectivity index (χ3v) is 4.75. The molecule has 2 aromatic carbocycles. The molecule has 1 amide bonds. The lowest BCUT2D eigenvalue weighted by atomic mass is 10.2. The first-order valence-electron chi connectivity index (χ1n) is 7.75. The van der Waals surface area contributed by atoms with Gasteiger partial charge in [-0.15, -0.1) is 11.3 Å². The van der Waals surface area contributed by atoms with Crippen molar-refractivity contribution in [3.8, 4) is 0 Å². The number of amides is 1. The largest absolute Gasteiger partial charge is 0.448 e. The number of rotatable bonds is 5. The minimum atomic E-state index is -0.939. The van der Waals surface area contributed by atoms with E-state index in [9.17, 15) is 14.0 Å². The van der Waals surface area contributed by atoms with Crippen LogP contribution in [0.25, 0.3) is 10.1 Å². The van der Waals surface area contributed by atoms with Crippen LogP contribution in [0.3, 0.4) is 0 Å². The Kier molecular flexibility index (Phi) is 5.09. The van der Waals surface area contributed by atoms with Gasteiger partial charge in [-0.05, 0) is 30.7 Å². The van der Waals surface area contributed by atoms with Gasteiger partial charge in [-0.25, -0.2) is 9.18 Å². The highest BCUT2D eigenvalue weighted by Gasteiger charge is 2.20. The molecule has 4 nitrogen and oxygen atoms in total. The number of nitrogens with one attached hydrogen (secondary N) is 1. The Labute approximate surface area is 148 Å². The number of benzene rings is 2. The van der Waals surface area contributed by atoms with Gasteiger partial charge in [0.05, 0.1) is 0 Å². The fraction of sp³-hybridized carbons (Fsp3) is 0.158. The van der Waals surface area contributed by atoms with E-state index in [0.29, 0.717) is 16.6 Å². The van der Waals surface area contributed by atoms with Crippen LogP contribution in [0.5, 0.6) is 0 Å². The molecule has 3 aromatic rings. The zero-order valence-electron chi connectivity index (χ0n) is 13.5. The second-order valence-electron chi connectivity index (χ2n) is 5.51. The zero-order chi connectivity index (χ0) is 17.8. The Hall–Kier alpha value is -2.73. The van der Waals surface area contributed by atoms with Crippen LogP contribution in [-0.2, 0) is 16.1 Å². The summed E-state index contributed by atoms with van der Waals surface area (Å²) in [5.41, 5.74) is 0.953. The van der Waals surface area contributed by atoms with Gasteiger partial charge in [0.25, 0.3) is 5.91 Å². The Balaban J connectivity index is 1.61. The first-order chi connectivity index (χ1) is 12.0. The van der Waals surface area contributed by atoms with E-state index in [2.05, 4.69) is 5.32 Å². The molecular weight excluding hydrogens is 341 g/mol. The lowest BCUT2D eigenvalue weighted by molar-refractivity contribution is -0.129. The highest BCUT2D eigenvalue weighted by Crippen LogP contribution is 2.28. The Bertz CT molecular complexity index is 907. The Morgan fingerprint density at radius 3 is 2.64 bits per heavy atom. The maximum Gasteiger partial charge on any atom is 0.349 e. The normalized spacial score (nSPS) is 11.9. The minimum Gasteiger partial charge on any atom is -0.448 e. The summed E-state index contributed by atoms with van der Waals surface area (Å²) in [6.45, 7) is 1.86. The van der Waals surface area contributed by atoms with Crippen molar-refractivity contribution in [1.82, 2.24) is 5.32 Å². The van der Waals surface area contributed by atoms with Crippen molar-refractivity contribution in [3.05, 3.63) is 70.9 Å². The Morgan fingerprint density at radius 1 is 1.16 bits per heavy atom. The number of fused-ring (bicyclic) bond motifs is 1. The molecule has 6 heteroatoms. The molecule has 1 heterocycles. The first kappa shape index (κ1) is 17.1. The van der Waals surface area contributed by atoms with Gasteiger partial charge in [0.15, 0.2) is 6.10 Å². The SMILES string of the molecule is CC(OC(=O)c1cc2c(F)cccc2s1)C(=O)NCc1ccccc1. The summed E-state index contributed by atoms with van der Waals surface area (Å²) in [5, 5.41) is 3.09. The average molecular weight is 357 g/mol. The number of ether oxygens (including phenoxy) is 1. The summed E-state index contributed by atoms with van der Waals surface area (Å²) in [4.78, 5) is 24.5. The molecule has 0 spiro atoms. The fourth-order valence-corrected chi connectivity index (χ4v) is 3.28. The van der Waals surface area contributed by atoms with Crippen LogP contribution in [0.15, 0.2) is 54.6 Å². The molecule has 0 bridgehead atoms. The van der Waals surface area contributed by atoms with Crippen LogP contribution in [0.2, 0.25) is 0 Å². The van der Waals surface area contributed by atoms with E-state index in [1.54, 1.807) is 12.1 Å². The van der Waals surface area contributed by atoms with E-state index in [0.717, 1.165) is 16.9 Å². The number of hydrogen-bond donors (Lipinski definition) is 1. The predicted molar refractivity (Wildman–Crippen MR) is 94.9 cm³/mol. The van der Waals surface area contributed by atoms with Crippen molar-refractivity contribution in [2.75, 3.05) is 0 Å². The van der Waals surface area contributed by atoms with Crippen molar-refractivity contribution in [2.24, 2.45) is 0 Å². The quantitative estimate of drug-likeness (QED) is 0.705. The summed E-state index contributed by atoms with van der Waals surface area (Å²) < 4.78 is 19.6. The second-order valence-corrected chi connectivity index (χ2v) is 6.60. The average Bonchev–Trinajstić information content (AvgIpc) is 3.06. The van der Waals surface area contributed by atoms with Gasteiger partial charge in [-0.1, -0.05) is 36.4 Å². The number of carbonyl (C=O) groups excluding carboxylic acids is 2. The van der Waals surface area contributed by atoms with E-state index in [-0.39, 0.29) is 16.6 Å². The molecular formula is C19H16FNO3S. The molecule has 1 N–H and O–H groups in total. The summed E-state index contributed by atoms with van der Waals surface area (Å²) in [5.74, 6) is -1.41. The van der Waals surface area contributed by atoms with E-state index >= 15 is 0 Å². The van der Waals surface area contributed by atoms with Crippen molar-refractivity contribution >= 4 is 33.3 Å². The highest BCUT2D eigenvalue weighted by molar-refractivity contribution is 7.20. The smallest absolute Gasteiger partial charge is 0.349 e. The van der Waals surface area contributed by atoms with Crippen molar-refractivity contribution in [1.29, 1.82) is 0 Å². The van der Waals surface area contributed by atoms with E-state index in [1.807, 2.05) is 30.3 Å². The molecule has 0 aliphatic rings. The van der Waals surface area contributed by atoms with Crippen LogP contribution in [0.4, 0.5) is 4.39 Å². The Morgan fingerprint density at radius 2 is 1.92 bits per heavy atom. The molecule has 0 aliphatic carbocycles. The molecule has 0 saturated carbocycles. The maximum atomic E-state index is 13.7. The second kappa shape index (κ2) is 7.44. The van der Waals surface area contributed by atoms with Gasteiger partial charge < -0.3 is 10.1 Å². The third-order valence-electron chi connectivity index (χ3n) is 3.67. The number of carbonyl (C=O) groups is 2. The molecule has 0 saturated heterocycles. The van der Waals surface area contributed by atoms with Crippen molar-refractivity contribution in [3.63, 3.8) is 0 Å². The van der Waals surface area contributed by atoms with E-state index < -0.39 is 12.1 Å². The van der Waals surface area contributed by atoms with Gasteiger partial charge >= 0.3 is 5.97 Å². The van der Waals surface area contributed by atoms with Gasteiger partial charge in [-0.2, -0.15) is 0 Å². The molecule has 3 rings (SSSR count). The highest BCUT2D eigenvalue weighted by atomic mass is 32.1. The van der Waals surface area contributed by atoms with Crippen molar-refractivity contribution in [2.45, 2.75) is 19.6 Å². The molecule has 1 aromatic heterocycles. The molecule has 0 fully saturated rings. The lowest BCUT2D eigenvalue weighted by Crippen LogP contribution is -2.35. The fourth-order valence-electron chi connectivity index (χ4n) is 2.33. The van der Waals surface area contributed by atoms with Gasteiger partial charge in [0.2, 0.25) is 0 Å². The standard InChI is InChI=1S/C19H16FNO3S/c1-12(18(22)21-11-13-6-3-2-4-7-13)24-19(23)17-10-14-15(20)8-5-9-16(14)25-17/h2-10,12H,11H2,1H3,(H,21,22). The van der Waals surface area contributed by atoms with E-state index in [1.165, 1.54) is 19.1 Å². The number of hydrogen-bond acceptors (Lipinski definition) is 4. The minimum absolute atomic E-state index is 0.266. The number of thiophene rings is 1. The lowest BCUT2D eigenvalue weighted by Gasteiger charge is -2.13. The molecule has 1 atom stereocenters. The van der Waals surface area contributed by atoms with Crippen LogP contribution in [-0.4, -0.2) is 18.0 Å². The first-order valence-corrected chi connectivity index (χ1v) is 8.57. The summed E-state index contributed by atoms with van der Waals surface area (Å²) in [6, 6.07) is 15.5. The van der Waals surface area contributed by atoms with Gasteiger partial charge in [-0.3, -0.25) is 4.79 Å². The maximum absolute atomic E-state index is 13.7. The monoisotopic (exact) mass is 357 g/mol. The van der Waals surface area contributed by atoms with Crippen molar-refractivity contribution < 1.29 is 18.7 Å². The number of halogens is 1. The van der Waals surface area contributed by atoms with Crippen LogP contribution >= 0.6 is 11.3 Å². The van der Waals surface area contributed by atoms with Crippen LogP contribution < -0.4 is 5.32 Å². The molecule has 1 unspecified atom stereocenters. The molecule has 25 heavy (non-hydrogen) atoms. The summed E-state index contributed by atoms with van der Waals surface area (Å²) in [7, 11) is 0. The van der Waals surface area contributed by atoms with E-state index in [4.69, 9.17) is 4.74 Å². The molecule has 0 aliphatic heterocycles. The molecule has 128 valence electrons. The zero-order valence-corrected chi connectivity index (χ0v) is 14.3. The van der Waals surface area contributed by atoms with Gasteiger partial charge in [0, 0.05) is 16.6 Å². The van der Waals surface area contributed by atoms with Crippen LogP contribution in [0.1, 0.15) is 22.2 Å². The number of esters is 1.